The maximum atomic E-state index is 13.0. The summed E-state index contributed by atoms with van der Waals surface area (Å²) in [7, 11) is -3.67. The number of hydrogen-bond donors (Lipinski definition) is 2. The highest BCUT2D eigenvalue weighted by Gasteiger charge is 2.25. The van der Waals surface area contributed by atoms with Gasteiger partial charge < -0.3 is 14.7 Å². The molecule has 0 bridgehead atoms. The van der Waals surface area contributed by atoms with Crippen LogP contribution in [0.15, 0.2) is 53.4 Å². The molecule has 0 radical (unpaired) electrons. The number of nitrogens with zero attached hydrogens (tertiary/aromatic N) is 1. The summed E-state index contributed by atoms with van der Waals surface area (Å²) in [5.41, 5.74) is 1.11. The van der Waals surface area contributed by atoms with E-state index in [4.69, 9.17) is 4.74 Å². The number of benzene rings is 2. The summed E-state index contributed by atoms with van der Waals surface area (Å²) >= 11 is 0. The van der Waals surface area contributed by atoms with Gasteiger partial charge in [0.2, 0.25) is 10.0 Å². The third-order valence-corrected chi connectivity index (χ3v) is 7.01. The van der Waals surface area contributed by atoms with Gasteiger partial charge in [-0.3, -0.25) is 0 Å². The first kappa shape index (κ1) is 23.7. The third-order valence-electron chi connectivity index (χ3n) is 5.47. The van der Waals surface area contributed by atoms with Crippen LogP contribution in [0.1, 0.15) is 38.2 Å². The lowest BCUT2D eigenvalue weighted by Gasteiger charge is -2.33. The zero-order valence-electron chi connectivity index (χ0n) is 18.0. The van der Waals surface area contributed by atoms with E-state index in [2.05, 4.69) is 23.5 Å². The molecule has 1 heterocycles. The van der Waals surface area contributed by atoms with Crippen LogP contribution in [0.25, 0.3) is 0 Å². The predicted molar refractivity (Wildman–Crippen MR) is 118 cm³/mol. The summed E-state index contributed by atoms with van der Waals surface area (Å²) in [4.78, 5) is 2.18. The Balaban J connectivity index is 1.44. The van der Waals surface area contributed by atoms with Crippen LogP contribution in [0.3, 0.4) is 0 Å². The molecule has 1 aliphatic rings. The Morgan fingerprint density at radius 3 is 2.42 bits per heavy atom. The molecule has 0 aliphatic carbocycles. The molecule has 1 aliphatic heterocycles. The summed E-state index contributed by atoms with van der Waals surface area (Å²) in [5, 5.41) is 10.4. The zero-order valence-corrected chi connectivity index (χ0v) is 18.8. The minimum absolute atomic E-state index is 0.0607. The fourth-order valence-corrected chi connectivity index (χ4v) is 5.07. The van der Waals surface area contributed by atoms with E-state index < -0.39 is 21.9 Å². The van der Waals surface area contributed by atoms with E-state index in [9.17, 15) is 17.9 Å². The molecule has 1 atom stereocenters. The van der Waals surface area contributed by atoms with Crippen LogP contribution in [-0.4, -0.2) is 56.8 Å². The molecule has 0 aromatic heterocycles. The molecule has 170 valence electrons. The van der Waals surface area contributed by atoms with Crippen LogP contribution in [0, 0.1) is 5.82 Å². The molecule has 3 rings (SSSR count). The van der Waals surface area contributed by atoms with Crippen LogP contribution in [-0.2, 0) is 10.0 Å². The number of β-amino-alcohol motifs (C(OH)–C–C–N with tert-alkyl or cyclic N) is 1. The van der Waals surface area contributed by atoms with E-state index in [-0.39, 0.29) is 17.5 Å². The Kier molecular flexibility index (Phi) is 8.05. The number of ether oxygens (including phenoxy) is 1. The van der Waals surface area contributed by atoms with Crippen molar-refractivity contribution in [2.75, 3.05) is 26.2 Å². The predicted octanol–water partition coefficient (Wildman–Crippen LogP) is 3.13. The maximum Gasteiger partial charge on any atom is 0.240 e. The van der Waals surface area contributed by atoms with E-state index in [1.165, 1.54) is 12.1 Å². The van der Waals surface area contributed by atoms with Crippen molar-refractivity contribution < 1.29 is 22.7 Å². The normalized spacial score (nSPS) is 17.1. The molecule has 31 heavy (non-hydrogen) atoms. The van der Waals surface area contributed by atoms with E-state index in [1.54, 1.807) is 0 Å². The van der Waals surface area contributed by atoms with Gasteiger partial charge in [0.25, 0.3) is 0 Å². The van der Waals surface area contributed by atoms with Crippen molar-refractivity contribution in [2.45, 2.75) is 49.6 Å². The summed E-state index contributed by atoms with van der Waals surface area (Å²) in [6, 6.07) is 12.5. The molecule has 2 aromatic rings. The van der Waals surface area contributed by atoms with Crippen molar-refractivity contribution in [3.63, 3.8) is 0 Å². The molecular weight excluding hydrogens is 419 g/mol. The van der Waals surface area contributed by atoms with Crippen molar-refractivity contribution in [3.8, 4) is 5.75 Å². The fourth-order valence-electron chi connectivity index (χ4n) is 3.76. The number of likely N-dealkylation sites (tertiary alicyclic amines) is 1. The fraction of sp³-hybridized carbons (Fsp3) is 0.478. The van der Waals surface area contributed by atoms with Crippen LogP contribution in [0.2, 0.25) is 0 Å². The topological polar surface area (TPSA) is 78.9 Å². The lowest BCUT2D eigenvalue weighted by Crippen LogP contribution is -2.47. The van der Waals surface area contributed by atoms with Gasteiger partial charge in [-0.1, -0.05) is 32.0 Å². The SMILES string of the molecule is CC(C)c1ccccc1OCC(O)CN1CCC(NS(=O)(=O)c2ccc(F)cc2)CC1. The highest BCUT2D eigenvalue weighted by Crippen LogP contribution is 2.26. The Labute approximate surface area is 184 Å². The monoisotopic (exact) mass is 450 g/mol. The van der Waals surface area contributed by atoms with Crippen LogP contribution >= 0.6 is 0 Å². The number of halogens is 1. The summed E-state index contributed by atoms with van der Waals surface area (Å²) < 4.78 is 46.5. The lowest BCUT2D eigenvalue weighted by atomic mass is 10.0. The molecule has 8 heteroatoms. The van der Waals surface area contributed by atoms with Gasteiger partial charge in [-0.15, -0.1) is 0 Å². The minimum Gasteiger partial charge on any atom is -0.491 e. The second kappa shape index (κ2) is 10.5. The van der Waals surface area contributed by atoms with E-state index in [0.29, 0.717) is 38.4 Å². The van der Waals surface area contributed by atoms with E-state index >= 15 is 0 Å². The van der Waals surface area contributed by atoms with Crippen molar-refractivity contribution >= 4 is 10.0 Å². The summed E-state index contributed by atoms with van der Waals surface area (Å²) in [6.07, 6.45) is 0.654. The molecular formula is C23H31FN2O4S. The molecule has 2 aromatic carbocycles. The maximum absolute atomic E-state index is 13.0. The average molecular weight is 451 g/mol. The average Bonchev–Trinajstić information content (AvgIpc) is 2.74. The number of rotatable bonds is 9. The summed E-state index contributed by atoms with van der Waals surface area (Å²) in [5.74, 6) is 0.666. The molecule has 0 spiro atoms. The molecule has 0 amide bonds. The van der Waals surface area contributed by atoms with Gasteiger partial charge >= 0.3 is 0 Å². The Hall–Kier alpha value is -2.00. The molecule has 1 fully saturated rings. The zero-order chi connectivity index (χ0) is 22.4. The lowest BCUT2D eigenvalue weighted by molar-refractivity contribution is 0.0586. The molecule has 1 saturated heterocycles. The van der Waals surface area contributed by atoms with Crippen molar-refractivity contribution in [3.05, 3.63) is 59.9 Å². The summed E-state index contributed by atoms with van der Waals surface area (Å²) in [6.45, 7) is 6.24. The third kappa shape index (κ3) is 6.74. The van der Waals surface area contributed by atoms with Gasteiger partial charge in [0.15, 0.2) is 0 Å². The Bertz CT molecular complexity index is 942. The largest absolute Gasteiger partial charge is 0.491 e. The van der Waals surface area contributed by atoms with Gasteiger partial charge in [-0.2, -0.15) is 0 Å². The number of aliphatic hydroxyl groups excluding tert-OH is 1. The standard InChI is InChI=1S/C23H31FN2O4S/c1-17(2)22-5-3-4-6-23(22)30-16-20(27)15-26-13-11-19(12-14-26)25-31(28,29)21-9-7-18(24)8-10-21/h3-10,17,19-20,25,27H,11-16H2,1-2H3. The highest BCUT2D eigenvalue weighted by atomic mass is 32.2. The number of para-hydroxylation sites is 1. The van der Waals surface area contributed by atoms with Crippen LogP contribution < -0.4 is 9.46 Å². The van der Waals surface area contributed by atoms with Gasteiger partial charge in [0.05, 0.1) is 4.90 Å². The smallest absolute Gasteiger partial charge is 0.240 e. The van der Waals surface area contributed by atoms with Crippen LogP contribution in [0.4, 0.5) is 4.39 Å². The highest BCUT2D eigenvalue weighted by molar-refractivity contribution is 7.89. The number of aliphatic hydroxyl groups is 1. The second-order valence-corrected chi connectivity index (χ2v) is 10.0. The minimum atomic E-state index is -3.67. The molecule has 1 unspecified atom stereocenters. The first-order valence-electron chi connectivity index (χ1n) is 10.6. The van der Waals surface area contributed by atoms with Gasteiger partial charge in [-0.25, -0.2) is 17.5 Å². The quantitative estimate of drug-likeness (QED) is 0.614. The number of piperidine rings is 1. The van der Waals surface area contributed by atoms with E-state index in [0.717, 1.165) is 23.4 Å². The Morgan fingerprint density at radius 2 is 1.77 bits per heavy atom. The first-order chi connectivity index (χ1) is 14.7. The molecule has 2 N–H and O–H groups in total. The van der Waals surface area contributed by atoms with Crippen molar-refractivity contribution in [1.82, 2.24) is 9.62 Å². The van der Waals surface area contributed by atoms with Gasteiger partial charge in [-0.05, 0) is 67.7 Å². The van der Waals surface area contributed by atoms with Gasteiger partial charge in [0.1, 0.15) is 24.3 Å². The van der Waals surface area contributed by atoms with Crippen molar-refractivity contribution in [2.24, 2.45) is 0 Å². The first-order valence-corrected chi connectivity index (χ1v) is 12.1. The van der Waals surface area contributed by atoms with Crippen LogP contribution in [0.5, 0.6) is 5.75 Å². The van der Waals surface area contributed by atoms with Gasteiger partial charge in [0, 0.05) is 12.6 Å². The number of sulfonamides is 1. The Morgan fingerprint density at radius 1 is 1.13 bits per heavy atom. The van der Waals surface area contributed by atoms with Crippen molar-refractivity contribution in [1.29, 1.82) is 0 Å². The second-order valence-electron chi connectivity index (χ2n) is 8.31. The number of hydrogen-bond acceptors (Lipinski definition) is 5. The number of nitrogens with one attached hydrogen (secondary N) is 1. The molecule has 6 nitrogen and oxygen atoms in total. The van der Waals surface area contributed by atoms with E-state index in [1.807, 2.05) is 24.3 Å². The molecule has 0 saturated carbocycles.